The average Bonchev–Trinajstić information content (AvgIpc) is 2.81. The van der Waals surface area contributed by atoms with Gasteiger partial charge in [-0.3, -0.25) is 14.4 Å². The van der Waals surface area contributed by atoms with E-state index in [0.717, 1.165) is 5.56 Å². The second-order valence-electron chi connectivity index (χ2n) is 7.54. The van der Waals surface area contributed by atoms with E-state index in [-0.39, 0.29) is 49.5 Å². The highest BCUT2D eigenvalue weighted by Gasteiger charge is 2.26. The van der Waals surface area contributed by atoms with Crippen molar-refractivity contribution in [1.82, 2.24) is 0 Å². The van der Waals surface area contributed by atoms with Crippen LogP contribution in [0.25, 0.3) is 0 Å². The van der Waals surface area contributed by atoms with Gasteiger partial charge in [0.05, 0.1) is 11.4 Å². The second-order valence-corrected chi connectivity index (χ2v) is 7.54. The van der Waals surface area contributed by atoms with Crippen LogP contribution in [0.5, 0.6) is 5.75 Å². The summed E-state index contributed by atoms with van der Waals surface area (Å²) in [7, 11) is 0. The van der Waals surface area contributed by atoms with Crippen molar-refractivity contribution in [3.63, 3.8) is 0 Å². The topological polar surface area (TPSA) is 87.7 Å². The van der Waals surface area contributed by atoms with Gasteiger partial charge in [0, 0.05) is 24.6 Å². The van der Waals surface area contributed by atoms with Crippen molar-refractivity contribution in [2.24, 2.45) is 0 Å². The number of ether oxygens (including phenoxy) is 1. The maximum Gasteiger partial charge on any atom is 0.244 e. The number of hydrogen-bond donors (Lipinski definition) is 2. The summed E-state index contributed by atoms with van der Waals surface area (Å²) in [5, 5.41) is 5.50. The molecule has 1 aliphatic rings. The van der Waals surface area contributed by atoms with Crippen LogP contribution < -0.4 is 20.3 Å². The van der Waals surface area contributed by atoms with Gasteiger partial charge in [0.15, 0.2) is 0 Å². The van der Waals surface area contributed by atoms with Crippen LogP contribution in [-0.2, 0) is 21.0 Å². The lowest BCUT2D eigenvalue weighted by Gasteiger charge is -2.29. The summed E-state index contributed by atoms with van der Waals surface area (Å²) in [4.78, 5) is 38.4. The molecule has 0 fully saturated rings. The van der Waals surface area contributed by atoms with E-state index in [1.165, 1.54) is 17.0 Å². The molecule has 0 saturated carbocycles. The summed E-state index contributed by atoms with van der Waals surface area (Å²) in [6, 6.07) is 20.0. The quantitative estimate of drug-likeness (QED) is 0.571. The zero-order valence-electron chi connectivity index (χ0n) is 17.7. The number of para-hydroxylation sites is 2. The predicted molar refractivity (Wildman–Crippen MR) is 122 cm³/mol. The van der Waals surface area contributed by atoms with Crippen LogP contribution >= 0.6 is 0 Å². The monoisotopic (exact) mass is 447 g/mol. The Labute approximate surface area is 190 Å². The summed E-state index contributed by atoms with van der Waals surface area (Å²) in [5.74, 6) is -0.859. The molecule has 0 atom stereocenters. The molecule has 0 unspecified atom stereocenters. The van der Waals surface area contributed by atoms with Crippen LogP contribution in [0.3, 0.4) is 0 Å². The molecule has 33 heavy (non-hydrogen) atoms. The number of hydrogen-bond acceptors (Lipinski definition) is 4. The van der Waals surface area contributed by atoms with Gasteiger partial charge in [0.25, 0.3) is 0 Å². The zero-order chi connectivity index (χ0) is 23.2. The van der Waals surface area contributed by atoms with E-state index in [9.17, 15) is 18.8 Å². The van der Waals surface area contributed by atoms with Crippen molar-refractivity contribution >= 4 is 34.8 Å². The first kappa shape index (κ1) is 22.0. The number of nitrogens with one attached hydrogen (secondary N) is 2. The van der Waals surface area contributed by atoms with Gasteiger partial charge in [0.1, 0.15) is 24.7 Å². The van der Waals surface area contributed by atoms with Crippen molar-refractivity contribution in [3.05, 3.63) is 84.2 Å². The van der Waals surface area contributed by atoms with Gasteiger partial charge in [-0.15, -0.1) is 0 Å². The standard InChI is InChI=1S/C25H22FN3O4/c26-18-6-4-8-20(14-18)33-16-17-5-3-7-19(13-17)27-23(30)11-12-25(32)29-15-24(31)28-21-9-1-2-10-22(21)29/h1-10,13-14H,11-12,15-16H2,(H,27,30)(H,28,31). The van der Waals surface area contributed by atoms with Crippen molar-refractivity contribution < 1.29 is 23.5 Å². The van der Waals surface area contributed by atoms with Gasteiger partial charge < -0.3 is 20.3 Å². The molecule has 1 aliphatic heterocycles. The molecule has 3 amide bonds. The van der Waals surface area contributed by atoms with Gasteiger partial charge in [-0.25, -0.2) is 4.39 Å². The Morgan fingerprint density at radius 3 is 2.67 bits per heavy atom. The molecule has 0 aliphatic carbocycles. The Morgan fingerprint density at radius 1 is 1.00 bits per heavy atom. The van der Waals surface area contributed by atoms with Gasteiger partial charge in [0.2, 0.25) is 17.7 Å². The fraction of sp³-hybridized carbons (Fsp3) is 0.160. The Bertz CT molecular complexity index is 1200. The molecule has 0 aromatic heterocycles. The van der Waals surface area contributed by atoms with Crippen LogP contribution in [0.1, 0.15) is 18.4 Å². The number of carbonyl (C=O) groups excluding carboxylic acids is 3. The number of carbonyl (C=O) groups is 3. The van der Waals surface area contributed by atoms with E-state index in [4.69, 9.17) is 4.74 Å². The molecule has 3 aromatic carbocycles. The van der Waals surface area contributed by atoms with E-state index in [1.54, 1.807) is 54.6 Å². The molecule has 0 spiro atoms. The fourth-order valence-corrected chi connectivity index (χ4v) is 3.50. The normalized spacial score (nSPS) is 12.5. The molecule has 4 rings (SSSR count). The number of halogens is 1. The van der Waals surface area contributed by atoms with Crippen LogP contribution in [0.4, 0.5) is 21.5 Å². The SMILES string of the molecule is O=C(CCC(=O)N1CC(=O)Nc2ccccc21)Nc1cccc(COc2cccc(F)c2)c1. The van der Waals surface area contributed by atoms with Gasteiger partial charge >= 0.3 is 0 Å². The zero-order valence-corrected chi connectivity index (χ0v) is 17.7. The van der Waals surface area contributed by atoms with Crippen LogP contribution in [-0.4, -0.2) is 24.3 Å². The molecular formula is C25H22FN3O4. The third kappa shape index (κ3) is 5.74. The van der Waals surface area contributed by atoms with Crippen LogP contribution in [0.2, 0.25) is 0 Å². The highest BCUT2D eigenvalue weighted by atomic mass is 19.1. The Hall–Kier alpha value is -4.20. The summed E-state index contributed by atoms with van der Waals surface area (Å²) >= 11 is 0. The lowest BCUT2D eigenvalue weighted by molar-refractivity contribution is -0.124. The minimum atomic E-state index is -0.378. The van der Waals surface area contributed by atoms with Gasteiger partial charge in [-0.2, -0.15) is 0 Å². The molecule has 1 heterocycles. The van der Waals surface area contributed by atoms with E-state index in [1.807, 2.05) is 6.07 Å². The van der Waals surface area contributed by atoms with Crippen molar-refractivity contribution in [2.45, 2.75) is 19.4 Å². The van der Waals surface area contributed by atoms with Gasteiger partial charge in [-0.1, -0.05) is 30.3 Å². The molecular weight excluding hydrogens is 425 g/mol. The van der Waals surface area contributed by atoms with Crippen molar-refractivity contribution in [3.8, 4) is 5.75 Å². The summed E-state index contributed by atoms with van der Waals surface area (Å²) < 4.78 is 18.8. The maximum absolute atomic E-state index is 13.3. The molecule has 0 saturated heterocycles. The van der Waals surface area contributed by atoms with E-state index < -0.39 is 0 Å². The Balaban J connectivity index is 1.31. The first-order valence-electron chi connectivity index (χ1n) is 10.4. The number of amides is 3. The third-order valence-electron chi connectivity index (χ3n) is 5.05. The summed E-state index contributed by atoms with van der Waals surface area (Å²) in [5.41, 5.74) is 2.55. The smallest absolute Gasteiger partial charge is 0.244 e. The molecule has 0 bridgehead atoms. The summed E-state index contributed by atoms with van der Waals surface area (Å²) in [6.45, 7) is 0.132. The third-order valence-corrected chi connectivity index (χ3v) is 5.05. The largest absolute Gasteiger partial charge is 0.489 e. The number of fused-ring (bicyclic) bond motifs is 1. The highest BCUT2D eigenvalue weighted by Crippen LogP contribution is 2.29. The first-order valence-corrected chi connectivity index (χ1v) is 10.4. The number of anilines is 3. The molecule has 7 nitrogen and oxygen atoms in total. The first-order chi connectivity index (χ1) is 16.0. The Kier molecular flexibility index (Phi) is 6.64. The fourth-order valence-electron chi connectivity index (χ4n) is 3.50. The number of benzene rings is 3. The van der Waals surface area contributed by atoms with E-state index in [2.05, 4.69) is 10.6 Å². The van der Waals surface area contributed by atoms with Crippen LogP contribution in [0.15, 0.2) is 72.8 Å². The average molecular weight is 447 g/mol. The number of nitrogens with zero attached hydrogens (tertiary/aromatic N) is 1. The molecule has 0 radical (unpaired) electrons. The minimum absolute atomic E-state index is 0.0247. The molecule has 2 N–H and O–H groups in total. The predicted octanol–water partition coefficient (Wildman–Crippen LogP) is 4.11. The van der Waals surface area contributed by atoms with E-state index >= 15 is 0 Å². The lowest BCUT2D eigenvalue weighted by Crippen LogP contribution is -2.42. The highest BCUT2D eigenvalue weighted by molar-refractivity contribution is 6.10. The van der Waals surface area contributed by atoms with Crippen molar-refractivity contribution in [1.29, 1.82) is 0 Å². The minimum Gasteiger partial charge on any atom is -0.489 e. The maximum atomic E-state index is 13.3. The molecule has 3 aromatic rings. The summed E-state index contributed by atoms with van der Waals surface area (Å²) in [6.07, 6.45) is -0.0566. The Morgan fingerprint density at radius 2 is 1.82 bits per heavy atom. The molecule has 168 valence electrons. The lowest BCUT2D eigenvalue weighted by atomic mass is 10.1. The van der Waals surface area contributed by atoms with Gasteiger partial charge in [-0.05, 0) is 42.0 Å². The van der Waals surface area contributed by atoms with Crippen LogP contribution in [0, 0.1) is 5.82 Å². The molecule has 8 heteroatoms. The number of rotatable bonds is 7. The second kappa shape index (κ2) is 9.95. The van der Waals surface area contributed by atoms with Crippen molar-refractivity contribution in [2.75, 3.05) is 22.1 Å². The van der Waals surface area contributed by atoms with E-state index in [0.29, 0.717) is 22.8 Å².